The summed E-state index contributed by atoms with van der Waals surface area (Å²) in [5.74, 6) is -0.606. The molecule has 2 aromatic heterocycles. The van der Waals surface area contributed by atoms with E-state index in [1.165, 1.54) is 12.1 Å². The van der Waals surface area contributed by atoms with Gasteiger partial charge in [0.05, 0.1) is 16.9 Å². The molecule has 2 heterocycles. The van der Waals surface area contributed by atoms with Crippen molar-refractivity contribution in [3.8, 4) is 12.1 Å². The Morgan fingerprint density at radius 3 is 2.65 bits per heavy atom. The Balaban J connectivity index is 1.87. The second-order valence-electron chi connectivity index (χ2n) is 5.19. The van der Waals surface area contributed by atoms with E-state index in [-0.39, 0.29) is 33.3 Å². The number of carbonyl (C=O) groups excluding carboxylic acids is 1. The third-order valence-electron chi connectivity index (χ3n) is 3.54. The number of para-hydroxylation sites is 1. The number of pyridine rings is 1. The number of anilines is 1. The molecular formula is C18H10N4O3S. The number of rotatable bonds is 4. The molecule has 3 rings (SSSR count). The fraction of sp³-hybridized carbons (Fsp3) is 0.0556. The lowest BCUT2D eigenvalue weighted by molar-refractivity contribution is 0.101. The Morgan fingerprint density at radius 2 is 1.92 bits per heavy atom. The summed E-state index contributed by atoms with van der Waals surface area (Å²) in [5, 5.41) is 19.0. The quantitative estimate of drug-likeness (QED) is 0.425. The van der Waals surface area contributed by atoms with Crippen LogP contribution in [0, 0.1) is 22.7 Å². The molecule has 2 N–H and O–H groups in total. The molecule has 0 aliphatic heterocycles. The lowest BCUT2D eigenvalue weighted by Crippen LogP contribution is -2.15. The van der Waals surface area contributed by atoms with Crippen LogP contribution in [0.2, 0.25) is 0 Å². The van der Waals surface area contributed by atoms with Crippen molar-refractivity contribution in [1.82, 2.24) is 4.98 Å². The van der Waals surface area contributed by atoms with Crippen molar-refractivity contribution in [3.63, 3.8) is 0 Å². The monoisotopic (exact) mass is 362 g/mol. The van der Waals surface area contributed by atoms with Crippen LogP contribution in [-0.4, -0.2) is 16.5 Å². The Kier molecular flexibility index (Phi) is 4.70. The average Bonchev–Trinajstić information content (AvgIpc) is 2.65. The summed E-state index contributed by atoms with van der Waals surface area (Å²) in [5.41, 5.74) is 5.49. The maximum Gasteiger partial charge on any atom is 0.347 e. The van der Waals surface area contributed by atoms with Crippen molar-refractivity contribution >= 4 is 34.3 Å². The first-order valence-electron chi connectivity index (χ1n) is 7.33. The summed E-state index contributed by atoms with van der Waals surface area (Å²) in [4.78, 5) is 28.4. The highest BCUT2D eigenvalue weighted by atomic mass is 32.2. The van der Waals surface area contributed by atoms with Crippen LogP contribution >= 0.6 is 11.8 Å². The molecule has 0 bridgehead atoms. The van der Waals surface area contributed by atoms with E-state index < -0.39 is 11.4 Å². The van der Waals surface area contributed by atoms with E-state index in [4.69, 9.17) is 15.4 Å². The van der Waals surface area contributed by atoms with Crippen LogP contribution in [0.4, 0.5) is 5.82 Å². The Morgan fingerprint density at radius 1 is 1.19 bits per heavy atom. The number of nitrogens with zero attached hydrogens (tertiary/aromatic N) is 3. The van der Waals surface area contributed by atoms with Crippen molar-refractivity contribution in [1.29, 1.82) is 10.5 Å². The number of nitrogens with two attached hydrogens (primary N) is 1. The molecule has 0 aliphatic rings. The van der Waals surface area contributed by atoms with Crippen LogP contribution in [0.1, 0.15) is 21.5 Å². The molecule has 8 heteroatoms. The lowest BCUT2D eigenvalue weighted by Gasteiger charge is -2.05. The van der Waals surface area contributed by atoms with E-state index in [1.54, 1.807) is 24.3 Å². The minimum absolute atomic E-state index is 0.0216. The van der Waals surface area contributed by atoms with E-state index in [9.17, 15) is 14.9 Å². The van der Waals surface area contributed by atoms with Crippen LogP contribution in [0.25, 0.3) is 11.0 Å². The first-order chi connectivity index (χ1) is 12.5. The Bertz CT molecular complexity index is 1170. The van der Waals surface area contributed by atoms with Crippen LogP contribution in [0.15, 0.2) is 50.6 Å². The molecule has 0 amide bonds. The van der Waals surface area contributed by atoms with Crippen LogP contribution in [0.3, 0.4) is 0 Å². The smallest absolute Gasteiger partial charge is 0.347 e. The standard InChI is InChI=1S/C18H10N4O3S/c19-7-11-5-12(8-20)17(22-16(11)21)26-9-14(23)13-6-10-3-1-2-4-15(10)25-18(13)24/h1-6H,9H2,(H2,21,22). The number of carbonyl (C=O) groups is 1. The van der Waals surface area contributed by atoms with Gasteiger partial charge < -0.3 is 10.2 Å². The molecule has 0 unspecified atom stereocenters. The minimum atomic E-state index is -0.720. The molecule has 7 nitrogen and oxygen atoms in total. The van der Waals surface area contributed by atoms with Crippen LogP contribution in [-0.2, 0) is 0 Å². The van der Waals surface area contributed by atoms with Gasteiger partial charge in [0.25, 0.3) is 0 Å². The Hall–Kier alpha value is -3.62. The van der Waals surface area contributed by atoms with Gasteiger partial charge in [-0.15, -0.1) is 0 Å². The molecule has 0 radical (unpaired) electrons. The fourth-order valence-electron chi connectivity index (χ4n) is 2.26. The van der Waals surface area contributed by atoms with Gasteiger partial charge >= 0.3 is 5.63 Å². The number of benzene rings is 1. The van der Waals surface area contributed by atoms with E-state index in [0.717, 1.165) is 11.8 Å². The van der Waals surface area contributed by atoms with Gasteiger partial charge in [0.2, 0.25) is 0 Å². The van der Waals surface area contributed by atoms with E-state index in [2.05, 4.69) is 4.98 Å². The van der Waals surface area contributed by atoms with Crippen LogP contribution in [0.5, 0.6) is 0 Å². The summed E-state index contributed by atoms with van der Waals surface area (Å²) < 4.78 is 5.15. The number of nitriles is 2. The predicted octanol–water partition coefficient (Wildman–Crippen LogP) is 2.49. The molecule has 1 aromatic carbocycles. The van der Waals surface area contributed by atoms with E-state index in [1.807, 2.05) is 12.1 Å². The second-order valence-corrected chi connectivity index (χ2v) is 6.16. The number of ketones is 1. The molecule has 0 atom stereocenters. The predicted molar refractivity (Wildman–Crippen MR) is 95.6 cm³/mol. The molecule has 0 saturated heterocycles. The number of nitrogen functional groups attached to an aromatic ring is 1. The van der Waals surface area contributed by atoms with Gasteiger partial charge in [-0.1, -0.05) is 30.0 Å². The number of aromatic nitrogens is 1. The van der Waals surface area contributed by atoms with Gasteiger partial charge in [-0.05, 0) is 18.2 Å². The zero-order valence-electron chi connectivity index (χ0n) is 13.2. The highest BCUT2D eigenvalue weighted by Gasteiger charge is 2.17. The number of hydrogen-bond acceptors (Lipinski definition) is 8. The zero-order chi connectivity index (χ0) is 18.7. The second kappa shape index (κ2) is 7.09. The summed E-state index contributed by atoms with van der Waals surface area (Å²) in [7, 11) is 0. The minimum Gasteiger partial charge on any atom is -0.422 e. The highest BCUT2D eigenvalue weighted by Crippen LogP contribution is 2.24. The lowest BCUT2D eigenvalue weighted by atomic mass is 10.1. The molecule has 0 saturated carbocycles. The molecule has 126 valence electrons. The fourth-order valence-corrected chi connectivity index (χ4v) is 3.10. The van der Waals surface area contributed by atoms with E-state index >= 15 is 0 Å². The first kappa shape index (κ1) is 17.2. The van der Waals surface area contributed by atoms with Gasteiger partial charge in [0, 0.05) is 5.39 Å². The van der Waals surface area contributed by atoms with Crippen molar-refractivity contribution in [3.05, 3.63) is 63.5 Å². The summed E-state index contributed by atoms with van der Waals surface area (Å²) in [6, 6.07) is 13.4. The van der Waals surface area contributed by atoms with Crippen molar-refractivity contribution < 1.29 is 9.21 Å². The molecule has 0 fully saturated rings. The maximum atomic E-state index is 12.4. The number of hydrogen-bond donors (Lipinski definition) is 1. The average molecular weight is 362 g/mol. The summed E-state index contributed by atoms with van der Waals surface area (Å²) >= 11 is 0.969. The number of Topliss-reactive ketones (excluding diaryl/α,β-unsaturated/α-hetero) is 1. The first-order valence-corrected chi connectivity index (χ1v) is 8.31. The summed E-state index contributed by atoms with van der Waals surface area (Å²) in [6.07, 6.45) is 0. The third kappa shape index (κ3) is 3.27. The molecule has 0 aliphatic carbocycles. The van der Waals surface area contributed by atoms with Crippen LogP contribution < -0.4 is 11.4 Å². The molecule has 0 spiro atoms. The number of thioether (sulfide) groups is 1. The largest absolute Gasteiger partial charge is 0.422 e. The van der Waals surface area contributed by atoms with Crippen molar-refractivity contribution in [2.45, 2.75) is 5.03 Å². The Labute approximate surface area is 151 Å². The van der Waals surface area contributed by atoms with Gasteiger partial charge in [0.15, 0.2) is 5.78 Å². The normalized spacial score (nSPS) is 10.2. The zero-order valence-corrected chi connectivity index (χ0v) is 14.0. The van der Waals surface area contributed by atoms with Gasteiger partial charge in [0.1, 0.15) is 34.1 Å². The molecule has 3 aromatic rings. The molecule has 26 heavy (non-hydrogen) atoms. The number of fused-ring (bicyclic) bond motifs is 1. The summed E-state index contributed by atoms with van der Waals surface area (Å²) in [6.45, 7) is 0. The maximum absolute atomic E-state index is 12.4. The van der Waals surface area contributed by atoms with Crippen molar-refractivity contribution in [2.75, 3.05) is 11.5 Å². The van der Waals surface area contributed by atoms with Crippen molar-refractivity contribution in [2.24, 2.45) is 0 Å². The third-order valence-corrected chi connectivity index (χ3v) is 4.53. The van der Waals surface area contributed by atoms with Gasteiger partial charge in [-0.25, -0.2) is 9.78 Å². The van der Waals surface area contributed by atoms with E-state index in [0.29, 0.717) is 11.0 Å². The molecular weight excluding hydrogens is 352 g/mol. The SMILES string of the molecule is N#Cc1cc(C#N)c(SCC(=O)c2cc3ccccc3oc2=O)nc1N. The highest BCUT2D eigenvalue weighted by molar-refractivity contribution is 8.00. The van der Waals surface area contributed by atoms with Gasteiger partial charge in [-0.2, -0.15) is 10.5 Å². The van der Waals surface area contributed by atoms with Gasteiger partial charge in [-0.3, -0.25) is 4.79 Å². The topological polar surface area (TPSA) is 134 Å².